The number of hydrogen-bond donors (Lipinski definition) is 1. The van der Waals surface area contributed by atoms with Gasteiger partial charge in [0.2, 0.25) is 5.91 Å². The first-order valence-electron chi connectivity index (χ1n) is 4.20. The molecule has 0 aromatic carbocycles. The Morgan fingerprint density at radius 2 is 1.75 bits per heavy atom. The van der Waals surface area contributed by atoms with E-state index in [0.29, 0.717) is 0 Å². The molecule has 0 radical (unpaired) electrons. The number of halogens is 3. The Hall–Kier alpha value is -1.80. The summed E-state index contributed by atoms with van der Waals surface area (Å²) >= 11 is 0. The van der Waals surface area contributed by atoms with Crippen LogP contribution in [0, 0.1) is 22.7 Å². The maximum absolute atomic E-state index is 11.7. The predicted octanol–water partition coefficient (Wildman–Crippen LogP) is 0.0141. The van der Waals surface area contributed by atoms with Gasteiger partial charge in [-0.3, -0.25) is 4.79 Å². The van der Waals surface area contributed by atoms with E-state index >= 15 is 0 Å². The number of nitrogens with zero attached hydrogens (tertiary/aromatic N) is 3. The quantitative estimate of drug-likeness (QED) is 0.680. The van der Waals surface area contributed by atoms with Crippen LogP contribution >= 0.6 is 0 Å². The molecule has 0 atom stereocenters. The van der Waals surface area contributed by atoms with Gasteiger partial charge in [-0.15, -0.1) is 0 Å². The molecule has 0 saturated carbocycles. The molecule has 0 aromatic heterocycles. The van der Waals surface area contributed by atoms with Gasteiger partial charge in [0.25, 0.3) is 0 Å². The minimum atomic E-state index is -4.39. The lowest BCUT2D eigenvalue weighted by molar-refractivity contribution is -0.133. The second-order valence-electron chi connectivity index (χ2n) is 2.78. The van der Waals surface area contributed by atoms with Gasteiger partial charge in [-0.25, -0.2) is 0 Å². The second-order valence-corrected chi connectivity index (χ2v) is 2.78. The van der Waals surface area contributed by atoms with Crippen LogP contribution in [0.5, 0.6) is 0 Å². The number of nitriles is 2. The Morgan fingerprint density at radius 3 is 2.12 bits per heavy atom. The van der Waals surface area contributed by atoms with Crippen LogP contribution in [0.1, 0.15) is 0 Å². The lowest BCUT2D eigenvalue weighted by Gasteiger charge is -2.16. The summed E-state index contributed by atoms with van der Waals surface area (Å²) in [5.41, 5.74) is 0. The van der Waals surface area contributed by atoms with Crippen LogP contribution in [0.4, 0.5) is 13.2 Å². The Labute approximate surface area is 90.0 Å². The number of alkyl halides is 3. The minimum Gasteiger partial charge on any atom is -0.315 e. The van der Waals surface area contributed by atoms with Gasteiger partial charge in [-0.1, -0.05) is 0 Å². The van der Waals surface area contributed by atoms with Crippen molar-refractivity contribution in [2.45, 2.75) is 6.18 Å². The van der Waals surface area contributed by atoms with Crippen molar-refractivity contribution in [3.8, 4) is 12.1 Å². The number of carbonyl (C=O) groups is 1. The molecular weight excluding hydrogens is 225 g/mol. The van der Waals surface area contributed by atoms with Gasteiger partial charge in [0, 0.05) is 0 Å². The lowest BCUT2D eigenvalue weighted by Crippen LogP contribution is -2.41. The predicted molar refractivity (Wildman–Crippen MR) is 46.7 cm³/mol. The van der Waals surface area contributed by atoms with Gasteiger partial charge in [-0.2, -0.15) is 23.7 Å². The molecule has 88 valence electrons. The molecule has 0 aliphatic rings. The highest BCUT2D eigenvalue weighted by Crippen LogP contribution is 2.11. The van der Waals surface area contributed by atoms with Crippen molar-refractivity contribution in [3.05, 3.63) is 0 Å². The largest absolute Gasteiger partial charge is 0.401 e. The summed E-state index contributed by atoms with van der Waals surface area (Å²) in [7, 11) is 0. The summed E-state index contributed by atoms with van der Waals surface area (Å²) in [5.74, 6) is -0.715. The average molecular weight is 234 g/mol. The second kappa shape index (κ2) is 6.64. The monoisotopic (exact) mass is 234 g/mol. The fourth-order valence-electron chi connectivity index (χ4n) is 0.826. The van der Waals surface area contributed by atoms with Gasteiger partial charge < -0.3 is 10.2 Å². The third kappa shape index (κ3) is 6.62. The van der Waals surface area contributed by atoms with Gasteiger partial charge in [0.05, 0.1) is 25.2 Å². The number of amides is 1. The molecule has 5 nitrogen and oxygen atoms in total. The van der Waals surface area contributed by atoms with Gasteiger partial charge in [0.1, 0.15) is 13.1 Å². The van der Waals surface area contributed by atoms with Crippen molar-refractivity contribution in [3.63, 3.8) is 0 Å². The maximum atomic E-state index is 11.7. The van der Waals surface area contributed by atoms with Crippen molar-refractivity contribution < 1.29 is 18.0 Å². The van der Waals surface area contributed by atoms with Gasteiger partial charge in [0.15, 0.2) is 0 Å². The van der Waals surface area contributed by atoms with Crippen molar-refractivity contribution in [2.24, 2.45) is 0 Å². The molecule has 0 rings (SSSR count). The van der Waals surface area contributed by atoms with Crippen molar-refractivity contribution in [2.75, 3.05) is 26.2 Å². The van der Waals surface area contributed by atoms with Crippen molar-refractivity contribution in [1.29, 1.82) is 10.5 Å². The number of nitrogens with one attached hydrogen (secondary N) is 1. The van der Waals surface area contributed by atoms with Crippen molar-refractivity contribution >= 4 is 5.91 Å². The minimum absolute atomic E-state index is 0.319. The third-order valence-electron chi connectivity index (χ3n) is 1.48. The molecular formula is C8H9F3N4O. The van der Waals surface area contributed by atoms with Crippen molar-refractivity contribution in [1.82, 2.24) is 10.2 Å². The van der Waals surface area contributed by atoms with Gasteiger partial charge in [-0.05, 0) is 0 Å². The van der Waals surface area contributed by atoms with Crippen LogP contribution in [0.2, 0.25) is 0 Å². The normalized spacial score (nSPS) is 10.3. The fourth-order valence-corrected chi connectivity index (χ4v) is 0.826. The number of carbonyl (C=O) groups excluding carboxylic acids is 1. The zero-order valence-electron chi connectivity index (χ0n) is 8.21. The fraction of sp³-hybridized carbons (Fsp3) is 0.625. The Bertz CT molecular complexity index is 299. The Balaban J connectivity index is 4.03. The summed E-state index contributed by atoms with van der Waals surface area (Å²) in [4.78, 5) is 12.1. The average Bonchev–Trinajstić information content (AvgIpc) is 2.15. The molecule has 16 heavy (non-hydrogen) atoms. The molecule has 8 heteroatoms. The molecule has 0 aliphatic carbocycles. The molecule has 0 heterocycles. The molecule has 0 spiro atoms. The highest BCUT2D eigenvalue weighted by atomic mass is 19.4. The smallest absolute Gasteiger partial charge is 0.315 e. The summed E-state index contributed by atoms with van der Waals surface area (Å²) in [6.45, 7) is -2.48. The van der Waals surface area contributed by atoms with Gasteiger partial charge >= 0.3 is 6.18 Å². The Kier molecular flexibility index (Phi) is 5.89. The van der Waals surface area contributed by atoms with E-state index in [2.05, 4.69) is 0 Å². The first kappa shape index (κ1) is 14.2. The lowest BCUT2D eigenvalue weighted by atomic mass is 10.4. The van der Waals surface area contributed by atoms with Crippen LogP contribution in [-0.2, 0) is 4.79 Å². The van der Waals surface area contributed by atoms with E-state index in [1.807, 2.05) is 5.32 Å². The van der Waals surface area contributed by atoms with E-state index in [-0.39, 0.29) is 13.1 Å². The SMILES string of the molecule is N#CCN(CC#N)C(=O)CNCC(F)(F)F. The van der Waals surface area contributed by atoms with Crippen LogP contribution < -0.4 is 5.32 Å². The first-order valence-corrected chi connectivity index (χ1v) is 4.20. The molecule has 0 saturated heterocycles. The highest BCUT2D eigenvalue weighted by molar-refractivity contribution is 5.78. The molecule has 0 fully saturated rings. The van der Waals surface area contributed by atoms with E-state index in [1.54, 1.807) is 12.1 Å². The van der Waals surface area contributed by atoms with Crippen LogP contribution in [-0.4, -0.2) is 43.2 Å². The maximum Gasteiger partial charge on any atom is 0.401 e. The standard InChI is InChI=1S/C8H9F3N4O/c9-8(10,11)6-14-5-7(16)15(3-1-12)4-2-13/h14H,3-6H2. The molecule has 0 bridgehead atoms. The summed E-state index contributed by atoms with van der Waals surface area (Å²) in [5, 5.41) is 18.5. The molecule has 0 aliphatic heterocycles. The zero-order chi connectivity index (χ0) is 12.6. The van der Waals surface area contributed by atoms with Crippen LogP contribution in [0.15, 0.2) is 0 Å². The van der Waals surface area contributed by atoms with E-state index in [9.17, 15) is 18.0 Å². The first-order chi connectivity index (χ1) is 7.40. The van der Waals surface area contributed by atoms with E-state index in [1.165, 1.54) is 0 Å². The van der Waals surface area contributed by atoms with E-state index in [4.69, 9.17) is 10.5 Å². The molecule has 1 amide bonds. The summed E-state index contributed by atoms with van der Waals surface area (Å²) in [6.07, 6.45) is -4.39. The molecule has 0 unspecified atom stereocenters. The Morgan fingerprint density at radius 1 is 1.25 bits per heavy atom. The van der Waals surface area contributed by atoms with Crippen LogP contribution in [0.3, 0.4) is 0 Å². The zero-order valence-corrected chi connectivity index (χ0v) is 8.21. The summed E-state index contributed by atoms with van der Waals surface area (Å²) in [6, 6.07) is 3.29. The highest BCUT2D eigenvalue weighted by Gasteiger charge is 2.27. The van der Waals surface area contributed by atoms with Crippen LogP contribution in [0.25, 0.3) is 0 Å². The third-order valence-corrected chi connectivity index (χ3v) is 1.48. The molecule has 1 N–H and O–H groups in total. The topological polar surface area (TPSA) is 79.9 Å². The summed E-state index contributed by atoms with van der Waals surface area (Å²) < 4.78 is 35.1. The van der Waals surface area contributed by atoms with E-state index < -0.39 is 25.2 Å². The number of rotatable bonds is 5. The van der Waals surface area contributed by atoms with E-state index in [0.717, 1.165) is 4.90 Å². The number of hydrogen-bond acceptors (Lipinski definition) is 4. The molecule has 0 aromatic rings.